The first-order valence-corrected chi connectivity index (χ1v) is 5.62. The zero-order valence-corrected chi connectivity index (χ0v) is 8.60. The quantitative estimate of drug-likeness (QED) is 0.542. The normalized spacial score (nSPS) is 10.6. The number of carboxylic acids is 1. The van der Waals surface area contributed by atoms with Gasteiger partial charge in [0.15, 0.2) is 0 Å². The van der Waals surface area contributed by atoms with Gasteiger partial charge in [0.2, 0.25) is 5.82 Å². The van der Waals surface area contributed by atoms with Gasteiger partial charge in [0.05, 0.1) is 5.52 Å². The van der Waals surface area contributed by atoms with E-state index in [-0.39, 0.29) is 5.82 Å². The Labute approximate surface area is 88.5 Å². The summed E-state index contributed by atoms with van der Waals surface area (Å²) in [5.74, 6) is -1.11. The number of aromatic amines is 1. The summed E-state index contributed by atoms with van der Waals surface area (Å²) in [6.45, 7) is 0. The number of hydrogen-bond acceptors (Lipinski definition) is 4. The second-order valence-electron chi connectivity index (χ2n) is 2.63. The molecular formula is C8H6N2O2S2. The molecule has 0 aliphatic rings. The topological polar surface area (TPSA) is 66.0 Å². The number of imidazole rings is 1. The first-order chi connectivity index (χ1) is 6.72. The lowest BCUT2D eigenvalue weighted by Crippen LogP contribution is -1.97. The molecule has 0 saturated heterocycles. The Bertz CT molecular complexity index is 495. The molecule has 2 aromatic rings. The molecule has 0 bridgehead atoms. The van der Waals surface area contributed by atoms with Crippen molar-refractivity contribution < 1.29 is 9.90 Å². The molecule has 0 atom stereocenters. The van der Waals surface area contributed by atoms with Gasteiger partial charge >= 0.3 is 5.97 Å². The minimum Gasteiger partial charge on any atom is -0.475 e. The lowest BCUT2D eigenvalue weighted by molar-refractivity contribution is 0.0685. The van der Waals surface area contributed by atoms with Gasteiger partial charge in [-0.05, 0) is 12.1 Å². The SMILES string of the molecule is O=C(O)c1nc2c(SS)cccc2[nH]1. The average molecular weight is 226 g/mol. The molecule has 1 heterocycles. The molecule has 14 heavy (non-hydrogen) atoms. The van der Waals surface area contributed by atoms with Gasteiger partial charge in [-0.25, -0.2) is 9.78 Å². The standard InChI is InChI=1S/C8H6N2O2S2/c11-8(12)7-9-4-2-1-3-5(14-13)6(4)10-7/h1-3,13H,(H,9,10)(H,11,12). The average Bonchev–Trinajstić information content (AvgIpc) is 2.60. The smallest absolute Gasteiger partial charge is 0.371 e. The van der Waals surface area contributed by atoms with Crippen molar-refractivity contribution >= 4 is 39.5 Å². The predicted octanol–water partition coefficient (Wildman–Crippen LogP) is 2.20. The third-order valence-corrected chi connectivity index (χ3v) is 2.89. The zero-order chi connectivity index (χ0) is 10.1. The second kappa shape index (κ2) is 3.55. The fourth-order valence-corrected chi connectivity index (χ4v) is 2.00. The van der Waals surface area contributed by atoms with Crippen molar-refractivity contribution in [1.29, 1.82) is 0 Å². The molecule has 2 rings (SSSR count). The number of fused-ring (bicyclic) bond motifs is 1. The molecule has 0 aliphatic heterocycles. The van der Waals surface area contributed by atoms with Crippen molar-refractivity contribution in [3.05, 3.63) is 24.0 Å². The number of para-hydroxylation sites is 1. The van der Waals surface area contributed by atoms with Gasteiger partial charge in [-0.2, -0.15) is 0 Å². The van der Waals surface area contributed by atoms with Crippen molar-refractivity contribution in [1.82, 2.24) is 9.97 Å². The van der Waals surface area contributed by atoms with Crippen molar-refractivity contribution in [3.8, 4) is 0 Å². The minimum atomic E-state index is -1.06. The predicted molar refractivity (Wildman–Crippen MR) is 57.9 cm³/mol. The summed E-state index contributed by atoms with van der Waals surface area (Å²) in [5, 5.41) is 8.73. The van der Waals surface area contributed by atoms with Gasteiger partial charge in [0.1, 0.15) is 5.52 Å². The van der Waals surface area contributed by atoms with Crippen molar-refractivity contribution in [2.75, 3.05) is 0 Å². The molecule has 0 radical (unpaired) electrons. The highest BCUT2D eigenvalue weighted by atomic mass is 33.1. The molecular weight excluding hydrogens is 220 g/mol. The van der Waals surface area contributed by atoms with E-state index >= 15 is 0 Å². The summed E-state index contributed by atoms with van der Waals surface area (Å²) >= 11 is 4.06. The molecule has 6 heteroatoms. The van der Waals surface area contributed by atoms with E-state index in [9.17, 15) is 4.79 Å². The number of H-pyrrole nitrogens is 1. The summed E-state index contributed by atoms with van der Waals surface area (Å²) in [4.78, 5) is 18.2. The van der Waals surface area contributed by atoms with Crippen LogP contribution in [0.15, 0.2) is 23.1 Å². The van der Waals surface area contributed by atoms with Crippen molar-refractivity contribution in [2.24, 2.45) is 0 Å². The number of thiol groups is 1. The van der Waals surface area contributed by atoms with E-state index in [0.29, 0.717) is 11.0 Å². The maximum atomic E-state index is 10.7. The lowest BCUT2D eigenvalue weighted by atomic mass is 10.3. The number of carbonyl (C=O) groups is 1. The number of benzene rings is 1. The van der Waals surface area contributed by atoms with Gasteiger partial charge in [0.25, 0.3) is 0 Å². The monoisotopic (exact) mass is 226 g/mol. The fourth-order valence-electron chi connectivity index (χ4n) is 1.18. The number of rotatable bonds is 2. The Morgan fingerprint density at radius 1 is 1.57 bits per heavy atom. The van der Waals surface area contributed by atoms with Crippen LogP contribution in [-0.2, 0) is 0 Å². The van der Waals surface area contributed by atoms with Gasteiger partial charge in [-0.15, -0.1) is 11.7 Å². The summed E-state index contributed by atoms with van der Waals surface area (Å²) in [6.07, 6.45) is 0. The molecule has 0 saturated carbocycles. The highest BCUT2D eigenvalue weighted by Crippen LogP contribution is 2.28. The van der Waals surface area contributed by atoms with E-state index in [1.807, 2.05) is 12.1 Å². The van der Waals surface area contributed by atoms with Crippen LogP contribution < -0.4 is 0 Å². The number of aromatic carboxylic acids is 1. The van der Waals surface area contributed by atoms with E-state index < -0.39 is 5.97 Å². The molecule has 0 amide bonds. The van der Waals surface area contributed by atoms with Crippen LogP contribution in [0.25, 0.3) is 11.0 Å². The van der Waals surface area contributed by atoms with E-state index in [0.717, 1.165) is 4.90 Å². The van der Waals surface area contributed by atoms with E-state index in [2.05, 4.69) is 21.6 Å². The zero-order valence-electron chi connectivity index (χ0n) is 6.89. The van der Waals surface area contributed by atoms with Crippen molar-refractivity contribution in [2.45, 2.75) is 4.90 Å². The molecule has 2 N–H and O–H groups in total. The minimum absolute atomic E-state index is 0.0465. The fraction of sp³-hybridized carbons (Fsp3) is 0. The molecule has 4 nitrogen and oxygen atoms in total. The van der Waals surface area contributed by atoms with Gasteiger partial charge < -0.3 is 10.1 Å². The third kappa shape index (κ3) is 1.46. The largest absolute Gasteiger partial charge is 0.475 e. The van der Waals surface area contributed by atoms with Gasteiger partial charge in [0, 0.05) is 4.90 Å². The van der Waals surface area contributed by atoms with Crippen LogP contribution >= 0.6 is 22.5 Å². The highest BCUT2D eigenvalue weighted by molar-refractivity contribution is 8.68. The molecule has 72 valence electrons. The summed E-state index contributed by atoms with van der Waals surface area (Å²) in [6, 6.07) is 5.44. The van der Waals surface area contributed by atoms with Gasteiger partial charge in [-0.1, -0.05) is 16.9 Å². The second-order valence-corrected chi connectivity index (χ2v) is 3.80. The third-order valence-electron chi connectivity index (χ3n) is 1.78. The highest BCUT2D eigenvalue weighted by Gasteiger charge is 2.11. The van der Waals surface area contributed by atoms with Crippen LogP contribution in [0, 0.1) is 0 Å². The van der Waals surface area contributed by atoms with E-state index in [1.54, 1.807) is 6.07 Å². The van der Waals surface area contributed by atoms with Crippen LogP contribution in [-0.4, -0.2) is 21.0 Å². The number of aromatic nitrogens is 2. The van der Waals surface area contributed by atoms with Gasteiger partial charge in [-0.3, -0.25) is 0 Å². The lowest BCUT2D eigenvalue weighted by Gasteiger charge is -1.93. The van der Waals surface area contributed by atoms with Crippen LogP contribution in [0.3, 0.4) is 0 Å². The van der Waals surface area contributed by atoms with Crippen molar-refractivity contribution in [3.63, 3.8) is 0 Å². The summed E-state index contributed by atoms with van der Waals surface area (Å²) in [7, 11) is 1.24. The molecule has 0 unspecified atom stereocenters. The Kier molecular flexibility index (Phi) is 2.39. The Hall–Kier alpha value is -1.14. The molecule has 0 aliphatic carbocycles. The van der Waals surface area contributed by atoms with Crippen LogP contribution in [0.5, 0.6) is 0 Å². The number of nitrogens with zero attached hydrogens (tertiary/aromatic N) is 1. The molecule has 0 fully saturated rings. The van der Waals surface area contributed by atoms with Crippen LogP contribution in [0.2, 0.25) is 0 Å². The summed E-state index contributed by atoms with van der Waals surface area (Å²) < 4.78 is 0. The molecule has 1 aromatic carbocycles. The number of hydrogen-bond donors (Lipinski definition) is 3. The molecule has 1 aromatic heterocycles. The number of carboxylic acid groups (broad SMARTS) is 1. The Morgan fingerprint density at radius 2 is 2.36 bits per heavy atom. The Morgan fingerprint density at radius 3 is 3.00 bits per heavy atom. The Balaban J connectivity index is 2.70. The summed E-state index contributed by atoms with van der Waals surface area (Å²) in [5.41, 5.74) is 1.35. The number of nitrogens with one attached hydrogen (secondary N) is 1. The van der Waals surface area contributed by atoms with E-state index in [4.69, 9.17) is 5.11 Å². The van der Waals surface area contributed by atoms with E-state index in [1.165, 1.54) is 10.8 Å². The van der Waals surface area contributed by atoms with Crippen LogP contribution in [0.1, 0.15) is 10.6 Å². The molecule has 0 spiro atoms. The maximum Gasteiger partial charge on any atom is 0.371 e. The maximum absolute atomic E-state index is 10.7. The first kappa shape index (κ1) is 9.42. The van der Waals surface area contributed by atoms with Crippen LogP contribution in [0.4, 0.5) is 0 Å². The first-order valence-electron chi connectivity index (χ1n) is 3.76.